The molecule has 1 aliphatic rings. The van der Waals surface area contributed by atoms with Crippen LogP contribution in [0.3, 0.4) is 0 Å². The van der Waals surface area contributed by atoms with Crippen LogP contribution in [0.25, 0.3) is 20.7 Å². The second-order valence-corrected chi connectivity index (χ2v) is 9.81. The van der Waals surface area contributed by atoms with Crippen molar-refractivity contribution in [2.75, 3.05) is 0 Å². The van der Waals surface area contributed by atoms with Crippen LogP contribution in [0.4, 0.5) is 0 Å². The van der Waals surface area contributed by atoms with Crippen molar-refractivity contribution in [2.45, 2.75) is 36.1 Å². The van der Waals surface area contributed by atoms with Gasteiger partial charge in [0, 0.05) is 28.8 Å². The highest BCUT2D eigenvalue weighted by Crippen LogP contribution is 2.41. The Labute approximate surface area is 167 Å². The van der Waals surface area contributed by atoms with Crippen LogP contribution in [0.5, 0.6) is 0 Å². The summed E-state index contributed by atoms with van der Waals surface area (Å²) in [6.07, 6.45) is 2.39. The second kappa shape index (κ2) is 6.57. The van der Waals surface area contributed by atoms with Crippen molar-refractivity contribution in [2.24, 2.45) is 7.05 Å². The monoisotopic (exact) mass is 415 g/mol. The van der Waals surface area contributed by atoms with E-state index in [9.17, 15) is 4.79 Å². The number of aromatic nitrogens is 5. The zero-order valence-corrected chi connectivity index (χ0v) is 17.2. The molecule has 138 valence electrons. The van der Waals surface area contributed by atoms with E-state index in [1.807, 2.05) is 36.9 Å². The third kappa shape index (κ3) is 3.03. The van der Waals surface area contributed by atoms with Gasteiger partial charge < -0.3 is 9.55 Å². The molecule has 0 saturated heterocycles. The maximum absolute atomic E-state index is 12.8. The summed E-state index contributed by atoms with van der Waals surface area (Å²) in [5.74, 6) is 2.29. The first-order chi connectivity index (χ1) is 13.1. The molecule has 1 atom stereocenters. The predicted molar refractivity (Wildman–Crippen MR) is 111 cm³/mol. The average Bonchev–Trinajstić information content (AvgIpc) is 3.06. The van der Waals surface area contributed by atoms with Crippen LogP contribution in [0, 0.1) is 0 Å². The van der Waals surface area contributed by atoms with Crippen molar-refractivity contribution in [3.05, 3.63) is 44.9 Å². The summed E-state index contributed by atoms with van der Waals surface area (Å²) in [5.41, 5.74) is 0.886. The lowest BCUT2D eigenvalue weighted by Crippen LogP contribution is -2.12. The molecule has 0 aliphatic heterocycles. The molecule has 0 spiro atoms. The van der Waals surface area contributed by atoms with E-state index in [0.717, 1.165) is 26.3 Å². The molecule has 5 rings (SSSR count). The number of thiophene rings is 2. The number of hydrogen-bond donors (Lipinski definition) is 1. The highest BCUT2D eigenvalue weighted by atomic mass is 32.2. The van der Waals surface area contributed by atoms with Gasteiger partial charge in [-0.1, -0.05) is 17.8 Å². The summed E-state index contributed by atoms with van der Waals surface area (Å²) in [6, 6.07) is 4.03. The van der Waals surface area contributed by atoms with Gasteiger partial charge in [0.25, 0.3) is 5.56 Å². The zero-order chi connectivity index (χ0) is 18.5. The molecule has 0 amide bonds. The lowest BCUT2D eigenvalue weighted by molar-refractivity contribution is 0.733. The number of aromatic amines is 1. The highest BCUT2D eigenvalue weighted by Gasteiger charge is 2.30. The van der Waals surface area contributed by atoms with Crippen LogP contribution < -0.4 is 5.56 Å². The normalized spacial score (nSPS) is 15.5. The molecule has 0 unspecified atom stereocenters. The van der Waals surface area contributed by atoms with Crippen LogP contribution >= 0.6 is 34.4 Å². The highest BCUT2D eigenvalue weighted by molar-refractivity contribution is 7.99. The quantitative estimate of drug-likeness (QED) is 0.483. The van der Waals surface area contributed by atoms with Crippen LogP contribution in [-0.2, 0) is 7.05 Å². The molecule has 4 heterocycles. The number of rotatable bonds is 5. The van der Waals surface area contributed by atoms with Crippen molar-refractivity contribution in [3.63, 3.8) is 0 Å². The first kappa shape index (κ1) is 17.2. The number of nitrogens with one attached hydrogen (secondary N) is 1. The first-order valence-corrected chi connectivity index (χ1v) is 11.4. The first-order valence-electron chi connectivity index (χ1n) is 8.73. The molecular weight excluding hydrogens is 398 g/mol. The maximum Gasteiger partial charge on any atom is 0.260 e. The van der Waals surface area contributed by atoms with Gasteiger partial charge in [0.1, 0.15) is 16.5 Å². The van der Waals surface area contributed by atoms with Crippen molar-refractivity contribution < 1.29 is 0 Å². The average molecular weight is 416 g/mol. The number of H-pyrrole nitrogens is 1. The molecular formula is C18H17N5OS3. The Bertz CT molecular complexity index is 1170. The fourth-order valence-electron chi connectivity index (χ4n) is 3.11. The Morgan fingerprint density at radius 3 is 2.93 bits per heavy atom. The van der Waals surface area contributed by atoms with Crippen LogP contribution in [-0.4, -0.2) is 24.7 Å². The van der Waals surface area contributed by atoms with Crippen molar-refractivity contribution in [3.8, 4) is 10.4 Å². The SMILES string of the molecule is C[C@H](Sc1nnc(C2CC2)n1C)c1nc2scc(-c3cccs3)c2c(=O)[nH]1. The largest absolute Gasteiger partial charge is 0.309 e. The van der Waals surface area contributed by atoms with Gasteiger partial charge in [0.05, 0.1) is 10.6 Å². The summed E-state index contributed by atoms with van der Waals surface area (Å²) in [4.78, 5) is 22.4. The fraction of sp³-hybridized carbons (Fsp3) is 0.333. The Morgan fingerprint density at radius 1 is 1.33 bits per heavy atom. The van der Waals surface area contributed by atoms with E-state index in [4.69, 9.17) is 4.98 Å². The number of thioether (sulfide) groups is 1. The van der Waals surface area contributed by atoms with E-state index in [0.29, 0.717) is 17.1 Å². The Hall–Kier alpha value is -1.97. The Morgan fingerprint density at radius 2 is 2.19 bits per heavy atom. The molecule has 0 radical (unpaired) electrons. The van der Waals surface area contributed by atoms with Crippen LogP contribution in [0.1, 0.15) is 42.6 Å². The predicted octanol–water partition coefficient (Wildman–Crippen LogP) is 4.57. The summed E-state index contributed by atoms with van der Waals surface area (Å²) >= 11 is 4.72. The standard InChI is InChI=1S/C18H17N5OS3/c1-9(27-18-22-21-15(23(18)2)10-5-6-10)14-19-16(24)13-11(8-26-17(13)20-14)12-4-3-7-25-12/h3-4,7-10H,5-6H2,1-2H3,(H,19,20,24)/t9-/m0/s1. The topological polar surface area (TPSA) is 76.5 Å². The van der Waals surface area contributed by atoms with Crippen molar-refractivity contribution in [1.82, 2.24) is 24.7 Å². The van der Waals surface area contributed by atoms with E-state index in [1.54, 1.807) is 23.1 Å². The zero-order valence-electron chi connectivity index (χ0n) is 14.8. The van der Waals surface area contributed by atoms with Crippen LogP contribution in [0.2, 0.25) is 0 Å². The van der Waals surface area contributed by atoms with Gasteiger partial charge in [-0.3, -0.25) is 4.79 Å². The Kier molecular flexibility index (Phi) is 4.18. The summed E-state index contributed by atoms with van der Waals surface area (Å²) < 4.78 is 2.06. The maximum atomic E-state index is 12.8. The molecule has 4 aromatic heterocycles. The Balaban J connectivity index is 1.47. The third-order valence-corrected chi connectivity index (χ3v) is 7.65. The molecule has 4 aromatic rings. The van der Waals surface area contributed by atoms with Gasteiger partial charge >= 0.3 is 0 Å². The lowest BCUT2D eigenvalue weighted by atomic mass is 10.2. The van der Waals surface area contributed by atoms with Crippen molar-refractivity contribution >= 4 is 44.7 Å². The summed E-state index contributed by atoms with van der Waals surface area (Å²) in [6.45, 7) is 2.04. The van der Waals surface area contributed by atoms with Gasteiger partial charge in [-0.15, -0.1) is 32.9 Å². The van der Waals surface area contributed by atoms with E-state index in [2.05, 4.69) is 19.7 Å². The van der Waals surface area contributed by atoms with Gasteiger partial charge in [-0.2, -0.15) is 0 Å². The lowest BCUT2D eigenvalue weighted by Gasteiger charge is -2.10. The van der Waals surface area contributed by atoms with Gasteiger partial charge in [-0.05, 0) is 31.2 Å². The molecule has 1 aliphatic carbocycles. The molecule has 0 bridgehead atoms. The molecule has 1 N–H and O–H groups in total. The minimum Gasteiger partial charge on any atom is -0.309 e. The number of nitrogens with zero attached hydrogens (tertiary/aromatic N) is 4. The molecule has 1 saturated carbocycles. The second-order valence-electron chi connectivity index (χ2n) is 6.69. The molecule has 27 heavy (non-hydrogen) atoms. The third-order valence-electron chi connectivity index (χ3n) is 4.73. The molecule has 6 nitrogen and oxygen atoms in total. The smallest absolute Gasteiger partial charge is 0.260 e. The summed E-state index contributed by atoms with van der Waals surface area (Å²) in [5, 5.41) is 14.2. The number of hydrogen-bond acceptors (Lipinski definition) is 7. The summed E-state index contributed by atoms with van der Waals surface area (Å²) in [7, 11) is 2.01. The van der Waals surface area contributed by atoms with Crippen molar-refractivity contribution in [1.29, 1.82) is 0 Å². The molecule has 9 heteroatoms. The van der Waals surface area contributed by atoms with Gasteiger partial charge in [0.15, 0.2) is 5.16 Å². The minimum absolute atomic E-state index is 0.0238. The number of fused-ring (bicyclic) bond motifs is 1. The fourth-order valence-corrected chi connectivity index (χ4v) is 5.76. The van der Waals surface area contributed by atoms with E-state index in [-0.39, 0.29) is 10.8 Å². The minimum atomic E-state index is -0.0799. The van der Waals surface area contributed by atoms with E-state index in [1.165, 1.54) is 24.2 Å². The van der Waals surface area contributed by atoms with Gasteiger partial charge in [0.2, 0.25) is 0 Å². The van der Waals surface area contributed by atoms with E-state index < -0.39 is 0 Å². The van der Waals surface area contributed by atoms with E-state index >= 15 is 0 Å². The molecule has 0 aromatic carbocycles. The molecule has 1 fully saturated rings. The van der Waals surface area contributed by atoms with Gasteiger partial charge in [-0.25, -0.2) is 4.98 Å². The van der Waals surface area contributed by atoms with Crippen LogP contribution in [0.15, 0.2) is 32.8 Å².